The monoisotopic (exact) mass is 435 g/mol. The predicted molar refractivity (Wildman–Crippen MR) is 113 cm³/mol. The molecule has 0 radical (unpaired) electrons. The Morgan fingerprint density at radius 3 is 2.46 bits per heavy atom. The van der Waals surface area contributed by atoms with Crippen LogP contribution in [0.5, 0.6) is 11.5 Å². The van der Waals surface area contributed by atoms with E-state index in [9.17, 15) is 13.2 Å². The van der Waals surface area contributed by atoms with Gasteiger partial charge in [-0.25, -0.2) is 0 Å². The topological polar surface area (TPSA) is 81.7 Å². The Kier molecular flexibility index (Phi) is 6.07. The van der Waals surface area contributed by atoms with Crippen molar-refractivity contribution >= 4 is 50.4 Å². The summed E-state index contributed by atoms with van der Waals surface area (Å²) in [5, 5.41) is 2.54. The van der Waals surface area contributed by atoms with E-state index >= 15 is 0 Å². The molecule has 0 saturated carbocycles. The number of amides is 1. The second-order valence-electron chi connectivity index (χ2n) is 5.84. The Labute approximate surface area is 173 Å². The maximum Gasteiger partial charge on any atom is 0.339 e. The van der Waals surface area contributed by atoms with E-state index in [1.54, 1.807) is 37.3 Å². The molecule has 0 aromatic heterocycles. The lowest BCUT2D eigenvalue weighted by Crippen LogP contribution is -2.17. The highest BCUT2D eigenvalue weighted by atomic mass is 32.2. The summed E-state index contributed by atoms with van der Waals surface area (Å²) >= 11 is 6.13. The quantitative estimate of drug-likeness (QED) is 0.421. The average molecular weight is 436 g/mol. The van der Waals surface area contributed by atoms with Crippen LogP contribution >= 0.6 is 24.0 Å². The summed E-state index contributed by atoms with van der Waals surface area (Å²) in [5.74, 6) is 0.0670. The minimum absolute atomic E-state index is 0.0549. The van der Waals surface area contributed by atoms with Crippen molar-refractivity contribution in [2.45, 2.75) is 18.7 Å². The van der Waals surface area contributed by atoms with E-state index in [2.05, 4.69) is 5.32 Å². The number of rotatable bonds is 6. The summed E-state index contributed by atoms with van der Waals surface area (Å²) in [4.78, 5) is 12.3. The highest BCUT2D eigenvalue weighted by Crippen LogP contribution is 2.33. The third kappa shape index (κ3) is 4.73. The number of carbonyl (C=O) groups excluding carboxylic acids is 1. The van der Waals surface area contributed by atoms with Gasteiger partial charge in [-0.15, -0.1) is 0 Å². The van der Waals surface area contributed by atoms with Gasteiger partial charge in [0.15, 0.2) is 11.5 Å². The van der Waals surface area contributed by atoms with Crippen LogP contribution in [0.2, 0.25) is 0 Å². The van der Waals surface area contributed by atoms with Crippen molar-refractivity contribution in [3.63, 3.8) is 0 Å². The average Bonchev–Trinajstić information content (AvgIpc) is 2.95. The number of nitrogens with one attached hydrogen (secondary N) is 1. The van der Waals surface area contributed by atoms with E-state index in [1.165, 1.54) is 18.2 Å². The molecule has 6 nitrogen and oxygen atoms in total. The zero-order valence-electron chi connectivity index (χ0n) is 15.1. The molecule has 1 aliphatic heterocycles. The van der Waals surface area contributed by atoms with Crippen LogP contribution in [-0.4, -0.2) is 25.3 Å². The van der Waals surface area contributed by atoms with Gasteiger partial charge in [0.1, 0.15) is 9.22 Å². The zero-order chi connectivity index (χ0) is 20.3. The number of hydrogen-bond acceptors (Lipinski definition) is 7. The number of aryl methyl sites for hydroxylation is 1. The van der Waals surface area contributed by atoms with Crippen molar-refractivity contribution in [2.75, 3.05) is 6.61 Å². The molecule has 0 unspecified atom stereocenters. The third-order valence-electron chi connectivity index (χ3n) is 3.72. The van der Waals surface area contributed by atoms with Crippen molar-refractivity contribution in [1.82, 2.24) is 5.32 Å². The molecule has 2 aromatic rings. The number of hydrogen-bond donors (Lipinski definition) is 1. The van der Waals surface area contributed by atoms with Crippen LogP contribution in [0, 0.1) is 6.92 Å². The van der Waals surface area contributed by atoms with Crippen LogP contribution < -0.4 is 14.2 Å². The van der Waals surface area contributed by atoms with E-state index in [4.69, 9.17) is 21.1 Å². The first kappa shape index (κ1) is 20.4. The largest absolute Gasteiger partial charge is 0.490 e. The Hall–Kier alpha value is -2.36. The van der Waals surface area contributed by atoms with Crippen LogP contribution in [0.1, 0.15) is 18.1 Å². The molecular formula is C19H17NO5S3. The van der Waals surface area contributed by atoms with Gasteiger partial charge in [0.2, 0.25) is 0 Å². The van der Waals surface area contributed by atoms with E-state index in [0.29, 0.717) is 21.4 Å². The van der Waals surface area contributed by atoms with Gasteiger partial charge in [-0.2, -0.15) is 8.42 Å². The lowest BCUT2D eigenvalue weighted by molar-refractivity contribution is -0.115. The van der Waals surface area contributed by atoms with Crippen LogP contribution in [0.4, 0.5) is 0 Å². The zero-order valence-corrected chi connectivity index (χ0v) is 17.5. The number of ether oxygens (including phenoxy) is 1. The van der Waals surface area contributed by atoms with E-state index < -0.39 is 10.1 Å². The van der Waals surface area contributed by atoms with Gasteiger partial charge in [-0.1, -0.05) is 47.7 Å². The van der Waals surface area contributed by atoms with Gasteiger partial charge >= 0.3 is 10.1 Å². The van der Waals surface area contributed by atoms with E-state index in [0.717, 1.165) is 17.3 Å². The first-order valence-corrected chi connectivity index (χ1v) is 10.9. The first-order valence-electron chi connectivity index (χ1n) is 8.31. The second kappa shape index (κ2) is 8.34. The van der Waals surface area contributed by atoms with Crippen molar-refractivity contribution < 1.29 is 22.1 Å². The third-order valence-corrected chi connectivity index (χ3v) is 6.13. The lowest BCUT2D eigenvalue weighted by Gasteiger charge is -2.13. The van der Waals surface area contributed by atoms with E-state index in [-0.39, 0.29) is 22.3 Å². The van der Waals surface area contributed by atoms with Gasteiger partial charge in [-0.05, 0) is 49.8 Å². The number of carbonyl (C=O) groups is 1. The van der Waals surface area contributed by atoms with Crippen molar-refractivity contribution in [3.05, 3.63) is 58.5 Å². The smallest absolute Gasteiger partial charge is 0.339 e. The SMILES string of the molecule is CCOc1cc(C=C2SC(=S)NC2=O)ccc1OS(=O)(=O)c1ccc(C)cc1. The highest BCUT2D eigenvalue weighted by molar-refractivity contribution is 8.26. The van der Waals surface area contributed by atoms with Crippen LogP contribution in [0.15, 0.2) is 52.3 Å². The molecule has 1 heterocycles. The van der Waals surface area contributed by atoms with Crippen LogP contribution in [-0.2, 0) is 14.9 Å². The summed E-state index contributed by atoms with van der Waals surface area (Å²) in [7, 11) is -4.00. The fourth-order valence-electron chi connectivity index (χ4n) is 2.40. The van der Waals surface area contributed by atoms with Gasteiger partial charge in [0.05, 0.1) is 11.5 Å². The molecule has 1 saturated heterocycles. The van der Waals surface area contributed by atoms with Gasteiger partial charge < -0.3 is 14.2 Å². The number of thioether (sulfide) groups is 1. The summed E-state index contributed by atoms with van der Waals surface area (Å²) in [6.45, 7) is 3.97. The Morgan fingerprint density at radius 1 is 1.14 bits per heavy atom. The molecule has 146 valence electrons. The Bertz CT molecular complexity index is 1060. The standard InChI is InChI=1S/C19H17NO5S3/c1-3-24-16-10-13(11-17-18(21)20-19(26)27-17)6-9-15(16)25-28(22,23)14-7-4-12(2)5-8-14/h4-11H,3H2,1-2H3,(H,20,21,26). The summed E-state index contributed by atoms with van der Waals surface area (Å²) in [6, 6.07) is 11.1. The number of thiocarbonyl (C=S) groups is 1. The Balaban J connectivity index is 1.91. The molecule has 2 aromatic carbocycles. The minimum atomic E-state index is -4.00. The molecule has 0 spiro atoms. The van der Waals surface area contributed by atoms with Crippen LogP contribution in [0.3, 0.4) is 0 Å². The molecule has 0 bridgehead atoms. The molecule has 3 rings (SSSR count). The van der Waals surface area contributed by atoms with Gasteiger partial charge in [0.25, 0.3) is 5.91 Å². The fraction of sp³-hybridized carbons (Fsp3) is 0.158. The molecule has 9 heteroatoms. The fourth-order valence-corrected chi connectivity index (χ4v) is 4.38. The molecule has 0 atom stereocenters. The molecule has 1 aliphatic rings. The first-order chi connectivity index (χ1) is 13.3. The van der Waals surface area contributed by atoms with E-state index in [1.807, 2.05) is 6.92 Å². The summed E-state index contributed by atoms with van der Waals surface area (Å²) in [5.41, 5.74) is 1.60. The predicted octanol–water partition coefficient (Wildman–Crippen LogP) is 3.65. The van der Waals surface area contributed by atoms with Gasteiger partial charge in [0, 0.05) is 0 Å². The molecule has 0 aliphatic carbocycles. The highest BCUT2D eigenvalue weighted by Gasteiger charge is 2.23. The Morgan fingerprint density at radius 2 is 1.86 bits per heavy atom. The van der Waals surface area contributed by atoms with Crippen molar-refractivity contribution in [3.8, 4) is 11.5 Å². The molecule has 1 N–H and O–H groups in total. The lowest BCUT2D eigenvalue weighted by atomic mass is 10.2. The molecule has 1 amide bonds. The molecular weight excluding hydrogens is 418 g/mol. The van der Waals surface area contributed by atoms with Gasteiger partial charge in [-0.3, -0.25) is 4.79 Å². The normalized spacial score (nSPS) is 15.6. The maximum absolute atomic E-state index is 12.6. The maximum atomic E-state index is 12.6. The van der Waals surface area contributed by atoms with Crippen molar-refractivity contribution in [1.29, 1.82) is 0 Å². The number of benzene rings is 2. The molecule has 1 fully saturated rings. The minimum Gasteiger partial charge on any atom is -0.490 e. The van der Waals surface area contributed by atoms with Crippen LogP contribution in [0.25, 0.3) is 6.08 Å². The van der Waals surface area contributed by atoms with Crippen molar-refractivity contribution in [2.24, 2.45) is 0 Å². The second-order valence-corrected chi connectivity index (χ2v) is 9.11. The summed E-state index contributed by atoms with van der Waals surface area (Å²) in [6.07, 6.45) is 1.65. The molecule has 28 heavy (non-hydrogen) atoms. The summed E-state index contributed by atoms with van der Waals surface area (Å²) < 4.78 is 36.3.